The van der Waals surface area contributed by atoms with E-state index in [0.29, 0.717) is 16.8 Å². The van der Waals surface area contributed by atoms with Gasteiger partial charge in [-0.15, -0.1) is 11.3 Å². The van der Waals surface area contributed by atoms with Crippen LogP contribution in [0.25, 0.3) is 0 Å². The first-order chi connectivity index (χ1) is 16.3. The fourth-order valence-electron chi connectivity index (χ4n) is 3.44. The van der Waals surface area contributed by atoms with E-state index in [4.69, 9.17) is 0 Å². The average molecular weight is 494 g/mol. The first-order valence-electron chi connectivity index (χ1n) is 10.8. The van der Waals surface area contributed by atoms with Crippen LogP contribution in [-0.4, -0.2) is 26.0 Å². The third-order valence-electron chi connectivity index (χ3n) is 5.46. The number of carbonyl (C=O) groups is 2. The fraction of sp³-hybridized carbons (Fsp3) is 0.240. The van der Waals surface area contributed by atoms with Crippen molar-refractivity contribution in [3.8, 4) is 6.07 Å². The molecule has 0 saturated heterocycles. The average Bonchev–Trinajstić information content (AvgIpc) is 3.45. The van der Waals surface area contributed by atoms with Crippen molar-refractivity contribution >= 4 is 38.7 Å². The molecule has 0 spiro atoms. The molecule has 1 fully saturated rings. The van der Waals surface area contributed by atoms with Crippen LogP contribution in [0.5, 0.6) is 0 Å². The zero-order chi connectivity index (χ0) is 24.1. The lowest BCUT2D eigenvalue weighted by atomic mass is 10.1. The van der Waals surface area contributed by atoms with Crippen LogP contribution in [0.3, 0.4) is 0 Å². The number of benzene rings is 2. The Hall–Kier alpha value is -3.48. The second-order valence-corrected chi connectivity index (χ2v) is 11.2. The monoisotopic (exact) mass is 493 g/mol. The van der Waals surface area contributed by atoms with E-state index in [-0.39, 0.29) is 34.8 Å². The van der Waals surface area contributed by atoms with Crippen LogP contribution < -0.4 is 10.6 Å². The summed E-state index contributed by atoms with van der Waals surface area (Å²) in [7, 11) is -3.27. The predicted molar refractivity (Wildman–Crippen MR) is 130 cm³/mol. The molecule has 2 amide bonds. The van der Waals surface area contributed by atoms with Crippen LogP contribution in [0.4, 0.5) is 5.69 Å². The highest BCUT2D eigenvalue weighted by atomic mass is 32.2. The molecule has 0 radical (unpaired) electrons. The summed E-state index contributed by atoms with van der Waals surface area (Å²) >= 11 is 1.39. The molecule has 1 saturated carbocycles. The summed E-state index contributed by atoms with van der Waals surface area (Å²) in [6.45, 7) is 0. The normalized spacial score (nSPS) is 14.1. The van der Waals surface area contributed by atoms with E-state index in [1.54, 1.807) is 54.6 Å². The molecule has 1 aromatic heterocycles. The molecule has 2 N–H and O–H groups in total. The van der Waals surface area contributed by atoms with E-state index in [1.807, 2.05) is 11.4 Å². The molecule has 0 aliphatic heterocycles. The SMILES string of the molecule is N#CC(NC(=O)c1ccc(NC(=O)Cc2ccc(S(=O)(=O)CC3CC3)cc2)cc1)c1cccs1. The zero-order valence-electron chi connectivity index (χ0n) is 18.2. The molecular weight excluding hydrogens is 470 g/mol. The number of hydrogen-bond acceptors (Lipinski definition) is 6. The minimum atomic E-state index is -3.27. The molecule has 4 rings (SSSR count). The van der Waals surface area contributed by atoms with Gasteiger partial charge >= 0.3 is 0 Å². The van der Waals surface area contributed by atoms with Crippen molar-refractivity contribution in [1.29, 1.82) is 5.26 Å². The van der Waals surface area contributed by atoms with Crippen molar-refractivity contribution in [2.75, 3.05) is 11.1 Å². The number of nitriles is 1. The highest BCUT2D eigenvalue weighted by Gasteiger charge is 2.29. The summed E-state index contributed by atoms with van der Waals surface area (Å²) < 4.78 is 24.7. The minimum Gasteiger partial charge on any atom is -0.332 e. The van der Waals surface area contributed by atoms with Gasteiger partial charge in [-0.25, -0.2) is 8.42 Å². The molecule has 1 unspecified atom stereocenters. The molecule has 1 atom stereocenters. The second-order valence-electron chi connectivity index (χ2n) is 8.22. The number of nitrogens with one attached hydrogen (secondary N) is 2. The number of carbonyl (C=O) groups excluding carboxylic acids is 2. The molecule has 9 heteroatoms. The summed E-state index contributed by atoms with van der Waals surface area (Å²) in [6.07, 6.45) is 2.03. The van der Waals surface area contributed by atoms with Gasteiger partial charge in [-0.3, -0.25) is 9.59 Å². The fourth-order valence-corrected chi connectivity index (χ4v) is 5.85. The van der Waals surface area contributed by atoms with Crippen LogP contribution in [0.15, 0.2) is 70.9 Å². The minimum absolute atomic E-state index is 0.0931. The molecule has 174 valence electrons. The Labute approximate surface area is 202 Å². The van der Waals surface area contributed by atoms with Gasteiger partial charge in [0.1, 0.15) is 0 Å². The third-order valence-corrected chi connectivity index (χ3v) is 8.30. The predicted octanol–water partition coefficient (Wildman–Crippen LogP) is 4.11. The summed E-state index contributed by atoms with van der Waals surface area (Å²) in [5.41, 5.74) is 1.60. The van der Waals surface area contributed by atoms with E-state index in [9.17, 15) is 23.3 Å². The molecule has 1 aliphatic carbocycles. The van der Waals surface area contributed by atoms with Crippen LogP contribution in [0.2, 0.25) is 0 Å². The second kappa shape index (κ2) is 10.2. The number of nitrogens with zero attached hydrogens (tertiary/aromatic N) is 1. The smallest absolute Gasteiger partial charge is 0.252 e. The zero-order valence-corrected chi connectivity index (χ0v) is 19.9. The highest BCUT2D eigenvalue weighted by molar-refractivity contribution is 7.91. The van der Waals surface area contributed by atoms with Gasteiger partial charge in [0.05, 0.1) is 23.1 Å². The van der Waals surface area contributed by atoms with Gasteiger partial charge in [-0.05, 0) is 72.2 Å². The van der Waals surface area contributed by atoms with Gasteiger partial charge in [-0.2, -0.15) is 5.26 Å². The maximum atomic E-state index is 12.5. The molecular formula is C25H23N3O4S2. The van der Waals surface area contributed by atoms with E-state index < -0.39 is 15.9 Å². The van der Waals surface area contributed by atoms with Gasteiger partial charge in [0, 0.05) is 16.1 Å². The van der Waals surface area contributed by atoms with Gasteiger partial charge in [0.25, 0.3) is 5.91 Å². The molecule has 34 heavy (non-hydrogen) atoms. The number of thiophene rings is 1. The first-order valence-corrected chi connectivity index (χ1v) is 13.3. The van der Waals surface area contributed by atoms with Crippen molar-refractivity contribution in [3.63, 3.8) is 0 Å². The molecule has 2 aromatic carbocycles. The van der Waals surface area contributed by atoms with E-state index >= 15 is 0 Å². The van der Waals surface area contributed by atoms with Gasteiger partial charge in [0.15, 0.2) is 15.9 Å². The summed E-state index contributed by atoms with van der Waals surface area (Å²) in [6, 6.07) is 17.8. The van der Waals surface area contributed by atoms with Crippen molar-refractivity contribution in [3.05, 3.63) is 82.0 Å². The molecule has 7 nitrogen and oxygen atoms in total. The molecule has 3 aromatic rings. The number of rotatable bonds is 9. The largest absolute Gasteiger partial charge is 0.332 e. The lowest BCUT2D eigenvalue weighted by Crippen LogP contribution is -2.27. The third kappa shape index (κ3) is 6.10. The summed E-state index contributed by atoms with van der Waals surface area (Å²) in [4.78, 5) is 25.9. The van der Waals surface area contributed by atoms with Crippen molar-refractivity contribution in [2.45, 2.75) is 30.2 Å². The van der Waals surface area contributed by atoms with Gasteiger partial charge in [0.2, 0.25) is 5.91 Å². The number of hydrogen-bond donors (Lipinski definition) is 2. The lowest BCUT2D eigenvalue weighted by molar-refractivity contribution is -0.115. The Kier molecular flexibility index (Phi) is 7.10. The number of anilines is 1. The number of sulfone groups is 1. The Balaban J connectivity index is 1.31. The Morgan fingerprint density at radius 3 is 2.35 bits per heavy atom. The van der Waals surface area contributed by atoms with Crippen LogP contribution in [-0.2, 0) is 21.1 Å². The Morgan fingerprint density at radius 2 is 1.76 bits per heavy atom. The van der Waals surface area contributed by atoms with Crippen molar-refractivity contribution in [2.24, 2.45) is 5.92 Å². The maximum Gasteiger partial charge on any atom is 0.252 e. The Bertz CT molecular complexity index is 1310. The highest BCUT2D eigenvalue weighted by Crippen LogP contribution is 2.32. The summed E-state index contributed by atoms with van der Waals surface area (Å²) in [5.74, 6) is -0.171. The van der Waals surface area contributed by atoms with Crippen LogP contribution >= 0.6 is 11.3 Å². The lowest BCUT2D eigenvalue weighted by Gasteiger charge is -2.11. The maximum absolute atomic E-state index is 12.5. The summed E-state index contributed by atoms with van der Waals surface area (Å²) in [5, 5.41) is 16.6. The standard InChI is InChI=1S/C25H23N3O4S2/c26-15-22(23-2-1-13-33-23)28-25(30)19-7-9-20(10-8-19)27-24(29)14-17-5-11-21(12-6-17)34(31,32)16-18-3-4-18/h1-2,5-13,18,22H,3-4,14,16H2,(H,27,29)(H,28,30). The quantitative estimate of drug-likeness (QED) is 0.465. The number of amides is 2. The first kappa shape index (κ1) is 23.7. The van der Waals surface area contributed by atoms with Crippen LogP contribution in [0.1, 0.15) is 39.7 Å². The molecule has 1 aliphatic rings. The molecule has 0 bridgehead atoms. The Morgan fingerprint density at radius 1 is 1.06 bits per heavy atom. The van der Waals surface area contributed by atoms with E-state index in [0.717, 1.165) is 17.7 Å². The van der Waals surface area contributed by atoms with Gasteiger partial charge < -0.3 is 10.6 Å². The van der Waals surface area contributed by atoms with Gasteiger partial charge in [-0.1, -0.05) is 18.2 Å². The van der Waals surface area contributed by atoms with Crippen molar-refractivity contribution < 1.29 is 18.0 Å². The van der Waals surface area contributed by atoms with Crippen molar-refractivity contribution in [1.82, 2.24) is 5.32 Å². The van der Waals surface area contributed by atoms with Crippen LogP contribution in [0, 0.1) is 17.2 Å². The van der Waals surface area contributed by atoms with E-state index in [1.165, 1.54) is 11.3 Å². The molecule has 1 heterocycles. The van der Waals surface area contributed by atoms with E-state index in [2.05, 4.69) is 16.7 Å². The topological polar surface area (TPSA) is 116 Å².